The Morgan fingerprint density at radius 2 is 2.27 bits per heavy atom. The van der Waals surface area contributed by atoms with E-state index in [9.17, 15) is 0 Å². The fourth-order valence-electron chi connectivity index (χ4n) is 1.80. The van der Waals surface area contributed by atoms with Crippen molar-refractivity contribution < 1.29 is 9.84 Å². The second-order valence-corrected chi connectivity index (χ2v) is 3.45. The van der Waals surface area contributed by atoms with Gasteiger partial charge in [-0.05, 0) is 12.1 Å². The number of ether oxygens (including phenoxy) is 1. The SMILES string of the molecule is OCc1nc2c([nH]1)COc1ccccc1-2. The number of imidazole rings is 1. The van der Waals surface area contributed by atoms with Gasteiger partial charge in [0, 0.05) is 5.56 Å². The maximum atomic E-state index is 9.00. The number of nitrogens with zero attached hydrogens (tertiary/aromatic N) is 1. The highest BCUT2D eigenvalue weighted by atomic mass is 16.5. The Bertz CT molecular complexity index is 505. The van der Waals surface area contributed by atoms with Crippen molar-refractivity contribution in [2.45, 2.75) is 13.2 Å². The molecule has 0 atom stereocenters. The molecule has 0 unspecified atom stereocenters. The second kappa shape index (κ2) is 3.10. The highest BCUT2D eigenvalue weighted by Gasteiger charge is 2.20. The number of benzene rings is 1. The van der Waals surface area contributed by atoms with Crippen molar-refractivity contribution in [3.8, 4) is 17.0 Å². The van der Waals surface area contributed by atoms with Crippen LogP contribution in [0.2, 0.25) is 0 Å². The number of aliphatic hydroxyl groups excluding tert-OH is 1. The zero-order chi connectivity index (χ0) is 10.3. The molecule has 2 aromatic rings. The molecule has 3 rings (SSSR count). The van der Waals surface area contributed by atoms with E-state index >= 15 is 0 Å². The number of rotatable bonds is 1. The molecule has 1 aromatic heterocycles. The van der Waals surface area contributed by atoms with Gasteiger partial charge in [0.1, 0.15) is 24.8 Å². The molecule has 2 heterocycles. The monoisotopic (exact) mass is 202 g/mol. The van der Waals surface area contributed by atoms with Gasteiger partial charge in [0.25, 0.3) is 0 Å². The average Bonchev–Trinajstić information content (AvgIpc) is 2.72. The number of fused-ring (bicyclic) bond motifs is 3. The topological polar surface area (TPSA) is 58.1 Å². The highest BCUT2D eigenvalue weighted by Crippen LogP contribution is 2.35. The minimum atomic E-state index is -0.0742. The summed E-state index contributed by atoms with van der Waals surface area (Å²) in [6, 6.07) is 7.77. The van der Waals surface area contributed by atoms with Crippen LogP contribution in [0.25, 0.3) is 11.3 Å². The Kier molecular flexibility index (Phi) is 1.76. The third-order valence-corrected chi connectivity index (χ3v) is 2.49. The average molecular weight is 202 g/mol. The molecular formula is C11H10N2O2. The summed E-state index contributed by atoms with van der Waals surface area (Å²) >= 11 is 0. The van der Waals surface area contributed by atoms with Gasteiger partial charge in [0.05, 0.1) is 11.4 Å². The van der Waals surface area contributed by atoms with Gasteiger partial charge in [-0.1, -0.05) is 12.1 Å². The van der Waals surface area contributed by atoms with Crippen LogP contribution in [-0.4, -0.2) is 15.1 Å². The van der Waals surface area contributed by atoms with E-state index in [4.69, 9.17) is 9.84 Å². The fraction of sp³-hybridized carbons (Fsp3) is 0.182. The Morgan fingerprint density at radius 3 is 3.13 bits per heavy atom. The first-order chi connectivity index (χ1) is 7.38. The summed E-state index contributed by atoms with van der Waals surface area (Å²) in [6.45, 7) is 0.411. The molecule has 1 aromatic carbocycles. The van der Waals surface area contributed by atoms with Crippen LogP contribution in [0.1, 0.15) is 11.5 Å². The number of para-hydroxylation sites is 1. The largest absolute Gasteiger partial charge is 0.487 e. The molecule has 15 heavy (non-hydrogen) atoms. The van der Waals surface area contributed by atoms with E-state index < -0.39 is 0 Å². The Balaban J connectivity index is 2.20. The van der Waals surface area contributed by atoms with Gasteiger partial charge in [-0.3, -0.25) is 0 Å². The van der Waals surface area contributed by atoms with E-state index in [-0.39, 0.29) is 6.61 Å². The molecule has 1 aliphatic rings. The predicted molar refractivity (Wildman–Crippen MR) is 54.3 cm³/mol. The van der Waals surface area contributed by atoms with Gasteiger partial charge in [-0.15, -0.1) is 0 Å². The van der Waals surface area contributed by atoms with Crippen LogP contribution < -0.4 is 4.74 Å². The minimum absolute atomic E-state index is 0.0742. The molecule has 4 nitrogen and oxygen atoms in total. The number of aliphatic hydroxyl groups is 1. The number of aromatic amines is 1. The lowest BCUT2D eigenvalue weighted by Gasteiger charge is -2.15. The van der Waals surface area contributed by atoms with Crippen LogP contribution >= 0.6 is 0 Å². The maximum Gasteiger partial charge on any atom is 0.132 e. The van der Waals surface area contributed by atoms with Crippen molar-refractivity contribution in [3.05, 3.63) is 35.8 Å². The number of H-pyrrole nitrogens is 1. The standard InChI is InChI=1S/C11H10N2O2/c14-5-10-12-8-6-15-9-4-2-1-3-7(9)11(8)13-10/h1-4,14H,5-6H2,(H,12,13). The lowest BCUT2D eigenvalue weighted by Crippen LogP contribution is -2.04. The van der Waals surface area contributed by atoms with Crippen LogP contribution in [-0.2, 0) is 13.2 Å². The molecule has 1 aliphatic heterocycles. The van der Waals surface area contributed by atoms with Crippen molar-refractivity contribution in [1.29, 1.82) is 0 Å². The molecule has 0 saturated carbocycles. The van der Waals surface area contributed by atoms with Crippen molar-refractivity contribution in [3.63, 3.8) is 0 Å². The molecule has 0 fully saturated rings. The zero-order valence-electron chi connectivity index (χ0n) is 8.03. The summed E-state index contributed by atoms with van der Waals surface area (Å²) in [4.78, 5) is 7.36. The van der Waals surface area contributed by atoms with E-state index in [0.29, 0.717) is 12.4 Å². The minimum Gasteiger partial charge on any atom is -0.487 e. The molecule has 0 saturated heterocycles. The van der Waals surface area contributed by atoms with Gasteiger partial charge in [0.15, 0.2) is 0 Å². The lowest BCUT2D eigenvalue weighted by atomic mass is 10.1. The van der Waals surface area contributed by atoms with Crippen molar-refractivity contribution in [1.82, 2.24) is 9.97 Å². The number of hydrogen-bond acceptors (Lipinski definition) is 3. The Hall–Kier alpha value is -1.81. The molecule has 76 valence electrons. The lowest BCUT2D eigenvalue weighted by molar-refractivity contribution is 0.271. The summed E-state index contributed by atoms with van der Waals surface area (Å²) < 4.78 is 5.55. The van der Waals surface area contributed by atoms with Gasteiger partial charge >= 0.3 is 0 Å². The van der Waals surface area contributed by atoms with Crippen LogP contribution in [0.4, 0.5) is 0 Å². The summed E-state index contributed by atoms with van der Waals surface area (Å²) in [7, 11) is 0. The summed E-state index contributed by atoms with van der Waals surface area (Å²) in [6.07, 6.45) is 0. The first kappa shape index (κ1) is 8.49. The maximum absolute atomic E-state index is 9.00. The van der Waals surface area contributed by atoms with Crippen molar-refractivity contribution >= 4 is 0 Å². The molecule has 0 aliphatic carbocycles. The van der Waals surface area contributed by atoms with Crippen LogP contribution in [0, 0.1) is 0 Å². The smallest absolute Gasteiger partial charge is 0.132 e. The third kappa shape index (κ3) is 1.22. The van der Waals surface area contributed by atoms with E-state index in [1.807, 2.05) is 24.3 Å². The third-order valence-electron chi connectivity index (χ3n) is 2.49. The van der Waals surface area contributed by atoms with Crippen molar-refractivity contribution in [2.24, 2.45) is 0 Å². The molecule has 0 spiro atoms. The van der Waals surface area contributed by atoms with Crippen LogP contribution in [0.15, 0.2) is 24.3 Å². The quantitative estimate of drug-likeness (QED) is 0.736. The van der Waals surface area contributed by atoms with Gasteiger partial charge in [0.2, 0.25) is 0 Å². The molecule has 0 bridgehead atoms. The summed E-state index contributed by atoms with van der Waals surface area (Å²) in [5.41, 5.74) is 2.80. The second-order valence-electron chi connectivity index (χ2n) is 3.45. The van der Waals surface area contributed by atoms with Gasteiger partial charge < -0.3 is 14.8 Å². The van der Waals surface area contributed by atoms with E-state index in [1.165, 1.54) is 0 Å². The van der Waals surface area contributed by atoms with Gasteiger partial charge in [-0.2, -0.15) is 0 Å². The molecule has 0 radical (unpaired) electrons. The van der Waals surface area contributed by atoms with E-state index in [2.05, 4.69) is 9.97 Å². The Morgan fingerprint density at radius 1 is 1.40 bits per heavy atom. The fourth-order valence-corrected chi connectivity index (χ4v) is 1.80. The number of hydrogen-bond donors (Lipinski definition) is 2. The first-order valence-corrected chi connectivity index (χ1v) is 4.79. The first-order valence-electron chi connectivity index (χ1n) is 4.79. The molecule has 4 heteroatoms. The van der Waals surface area contributed by atoms with E-state index in [0.717, 1.165) is 22.7 Å². The number of nitrogens with one attached hydrogen (secondary N) is 1. The van der Waals surface area contributed by atoms with Crippen molar-refractivity contribution in [2.75, 3.05) is 0 Å². The Labute approximate surface area is 86.5 Å². The van der Waals surface area contributed by atoms with E-state index in [1.54, 1.807) is 0 Å². The predicted octanol–water partition coefficient (Wildman–Crippen LogP) is 1.46. The van der Waals surface area contributed by atoms with Crippen LogP contribution in [0.5, 0.6) is 5.75 Å². The summed E-state index contributed by atoms with van der Waals surface area (Å²) in [5.74, 6) is 1.43. The highest BCUT2D eigenvalue weighted by molar-refractivity contribution is 5.70. The molecule has 0 amide bonds. The van der Waals surface area contributed by atoms with Gasteiger partial charge in [-0.25, -0.2) is 4.98 Å². The molecular weight excluding hydrogens is 192 g/mol. The summed E-state index contributed by atoms with van der Waals surface area (Å²) in [5, 5.41) is 9.00. The normalized spacial score (nSPS) is 12.9. The van der Waals surface area contributed by atoms with Crippen LogP contribution in [0.3, 0.4) is 0 Å². The molecule has 2 N–H and O–H groups in total. The number of aromatic nitrogens is 2. The zero-order valence-corrected chi connectivity index (χ0v) is 8.03.